The fourth-order valence-corrected chi connectivity index (χ4v) is 5.24. The Hall–Kier alpha value is -2.78. The highest BCUT2D eigenvalue weighted by molar-refractivity contribution is 6.33. The third kappa shape index (κ3) is 3.62. The van der Waals surface area contributed by atoms with Crippen LogP contribution in [0, 0.1) is 6.92 Å². The topological polar surface area (TPSA) is 97.3 Å². The van der Waals surface area contributed by atoms with Gasteiger partial charge in [0.25, 0.3) is 0 Å². The van der Waals surface area contributed by atoms with E-state index in [1.807, 2.05) is 49.7 Å². The van der Waals surface area contributed by atoms with Crippen LogP contribution in [-0.4, -0.2) is 43.6 Å². The second-order valence-corrected chi connectivity index (χ2v) is 9.88. The number of anilines is 1. The van der Waals surface area contributed by atoms with Gasteiger partial charge in [0, 0.05) is 17.0 Å². The standard InChI is InChI=1S/C25H26ClN5O3/c1-13-16-8-9-31(23(16)29-12-28-13)24-21-20(33-25(2,3)34-21)19(32-24)7-5-14-4-6-15-11-17(26)22(27)30-18(15)10-14/h4,6,8-12,19-21,24H,5,7H2,1-3H3,(H2,27,30)/t19-,20-,21-,24-/m1/s1. The molecule has 0 unspecified atom stereocenters. The fourth-order valence-electron chi connectivity index (χ4n) is 5.08. The molecule has 0 radical (unpaired) electrons. The molecule has 0 aliphatic carbocycles. The summed E-state index contributed by atoms with van der Waals surface area (Å²) in [5, 5.41) is 2.44. The Bertz CT molecular complexity index is 1400. The Labute approximate surface area is 202 Å². The molecule has 0 spiro atoms. The SMILES string of the molecule is Cc1ncnc2c1ccn2[C@@H]1O[C@H](CCc2ccc3cc(Cl)c(N)nc3c2)[C@H]2OC(C)(C)O[C@H]21. The van der Waals surface area contributed by atoms with E-state index in [1.54, 1.807) is 6.33 Å². The molecule has 0 amide bonds. The van der Waals surface area contributed by atoms with Crippen molar-refractivity contribution in [3.8, 4) is 0 Å². The summed E-state index contributed by atoms with van der Waals surface area (Å²) in [5.41, 5.74) is 9.65. The first-order valence-electron chi connectivity index (χ1n) is 11.4. The van der Waals surface area contributed by atoms with Gasteiger partial charge in [-0.2, -0.15) is 0 Å². The number of aromatic nitrogens is 4. The Balaban J connectivity index is 1.27. The number of aryl methyl sites for hydroxylation is 2. The van der Waals surface area contributed by atoms with Gasteiger partial charge in [0.2, 0.25) is 0 Å². The number of halogens is 1. The van der Waals surface area contributed by atoms with Crippen LogP contribution in [0.2, 0.25) is 5.02 Å². The van der Waals surface area contributed by atoms with Crippen LogP contribution in [0.25, 0.3) is 21.9 Å². The largest absolute Gasteiger partial charge is 0.382 e. The molecule has 4 atom stereocenters. The molecule has 2 N–H and O–H groups in total. The molecule has 2 aliphatic rings. The maximum atomic E-state index is 6.56. The summed E-state index contributed by atoms with van der Waals surface area (Å²) >= 11 is 6.11. The second-order valence-electron chi connectivity index (χ2n) is 9.47. The predicted octanol–water partition coefficient (Wildman–Crippen LogP) is 4.57. The van der Waals surface area contributed by atoms with E-state index >= 15 is 0 Å². The van der Waals surface area contributed by atoms with Crippen molar-refractivity contribution in [2.45, 2.75) is 63.9 Å². The smallest absolute Gasteiger partial charge is 0.164 e. The van der Waals surface area contributed by atoms with Gasteiger partial charge in [-0.05, 0) is 57.4 Å². The third-order valence-electron chi connectivity index (χ3n) is 6.69. The number of nitrogens with two attached hydrogens (primary N) is 1. The summed E-state index contributed by atoms with van der Waals surface area (Å²) in [6.45, 7) is 5.88. The van der Waals surface area contributed by atoms with Crippen LogP contribution in [0.4, 0.5) is 5.82 Å². The molecule has 6 rings (SSSR count). The molecule has 0 bridgehead atoms. The zero-order valence-corrected chi connectivity index (χ0v) is 20.0. The van der Waals surface area contributed by atoms with Gasteiger partial charge >= 0.3 is 0 Å². The van der Waals surface area contributed by atoms with E-state index in [4.69, 9.17) is 31.5 Å². The van der Waals surface area contributed by atoms with Crippen molar-refractivity contribution in [2.75, 3.05) is 5.73 Å². The van der Waals surface area contributed by atoms with Crippen molar-refractivity contribution >= 4 is 39.4 Å². The molecule has 3 aromatic heterocycles. The number of rotatable bonds is 4. The zero-order valence-electron chi connectivity index (χ0n) is 19.2. The van der Waals surface area contributed by atoms with E-state index in [-0.39, 0.29) is 24.5 Å². The lowest BCUT2D eigenvalue weighted by molar-refractivity contribution is -0.196. The van der Waals surface area contributed by atoms with E-state index in [1.165, 1.54) is 0 Å². The quantitative estimate of drug-likeness (QED) is 0.457. The monoisotopic (exact) mass is 479 g/mol. The summed E-state index contributed by atoms with van der Waals surface area (Å²) < 4.78 is 21.2. The maximum Gasteiger partial charge on any atom is 0.164 e. The van der Waals surface area contributed by atoms with Crippen LogP contribution in [0.15, 0.2) is 42.9 Å². The molecule has 9 heteroatoms. The van der Waals surface area contributed by atoms with Crippen molar-refractivity contribution in [1.29, 1.82) is 0 Å². The van der Waals surface area contributed by atoms with E-state index in [9.17, 15) is 0 Å². The second kappa shape index (κ2) is 7.88. The molecule has 34 heavy (non-hydrogen) atoms. The van der Waals surface area contributed by atoms with Crippen LogP contribution in [-0.2, 0) is 20.6 Å². The van der Waals surface area contributed by atoms with Crippen LogP contribution >= 0.6 is 11.6 Å². The third-order valence-corrected chi connectivity index (χ3v) is 6.99. The summed E-state index contributed by atoms with van der Waals surface area (Å²) in [4.78, 5) is 13.2. The number of fused-ring (bicyclic) bond motifs is 3. The molecular weight excluding hydrogens is 454 g/mol. The minimum atomic E-state index is -0.673. The van der Waals surface area contributed by atoms with Crippen LogP contribution in [0.3, 0.4) is 0 Å². The van der Waals surface area contributed by atoms with Gasteiger partial charge < -0.3 is 24.5 Å². The van der Waals surface area contributed by atoms with Crippen molar-refractivity contribution in [1.82, 2.24) is 19.5 Å². The minimum absolute atomic E-state index is 0.129. The molecule has 176 valence electrons. The number of nitrogens with zero attached hydrogens (tertiary/aromatic N) is 4. The van der Waals surface area contributed by atoms with E-state index in [0.29, 0.717) is 10.8 Å². The predicted molar refractivity (Wildman–Crippen MR) is 129 cm³/mol. The van der Waals surface area contributed by atoms with Crippen molar-refractivity contribution in [3.63, 3.8) is 0 Å². The van der Waals surface area contributed by atoms with Gasteiger partial charge in [-0.3, -0.25) is 0 Å². The lowest BCUT2D eigenvalue weighted by Crippen LogP contribution is -2.29. The Morgan fingerprint density at radius 3 is 2.79 bits per heavy atom. The summed E-state index contributed by atoms with van der Waals surface area (Å²) in [5.74, 6) is -0.333. The normalized spacial score (nSPS) is 25.9. The van der Waals surface area contributed by atoms with E-state index < -0.39 is 5.79 Å². The van der Waals surface area contributed by atoms with E-state index in [0.717, 1.165) is 46.0 Å². The summed E-state index contributed by atoms with van der Waals surface area (Å²) in [6.07, 6.45) is 4.30. The van der Waals surface area contributed by atoms with E-state index in [2.05, 4.69) is 27.1 Å². The fraction of sp³-hybridized carbons (Fsp3) is 0.400. The molecule has 2 aliphatic heterocycles. The highest BCUT2D eigenvalue weighted by Crippen LogP contribution is 2.45. The number of pyridine rings is 1. The molecule has 2 fully saturated rings. The van der Waals surface area contributed by atoms with Gasteiger partial charge in [-0.1, -0.05) is 23.7 Å². The molecule has 4 aromatic rings. The first-order valence-corrected chi connectivity index (χ1v) is 11.8. The molecule has 5 heterocycles. The maximum absolute atomic E-state index is 6.56. The van der Waals surface area contributed by atoms with Crippen molar-refractivity contribution in [2.24, 2.45) is 0 Å². The molecular formula is C25H26ClN5O3. The average Bonchev–Trinajstić information content (AvgIpc) is 3.45. The Morgan fingerprint density at radius 2 is 1.94 bits per heavy atom. The zero-order chi connectivity index (χ0) is 23.6. The van der Waals surface area contributed by atoms with Crippen molar-refractivity contribution < 1.29 is 14.2 Å². The number of hydrogen-bond acceptors (Lipinski definition) is 7. The van der Waals surface area contributed by atoms with Gasteiger partial charge in [0.15, 0.2) is 12.0 Å². The molecule has 8 nitrogen and oxygen atoms in total. The highest BCUT2D eigenvalue weighted by atomic mass is 35.5. The lowest BCUT2D eigenvalue weighted by Gasteiger charge is -2.25. The average molecular weight is 480 g/mol. The summed E-state index contributed by atoms with van der Waals surface area (Å²) in [7, 11) is 0. The highest BCUT2D eigenvalue weighted by Gasteiger charge is 2.55. The molecule has 1 aromatic carbocycles. The summed E-state index contributed by atoms with van der Waals surface area (Å²) in [6, 6.07) is 10.0. The number of nitrogen functional groups attached to an aromatic ring is 1. The first kappa shape index (κ1) is 21.7. The number of hydrogen-bond donors (Lipinski definition) is 1. The lowest BCUT2D eigenvalue weighted by atomic mass is 10.0. The van der Waals surface area contributed by atoms with Crippen LogP contribution < -0.4 is 5.73 Å². The first-order chi connectivity index (χ1) is 16.3. The Kier molecular flexibility index (Phi) is 5.04. The van der Waals surface area contributed by atoms with Crippen molar-refractivity contribution in [3.05, 3.63) is 59.1 Å². The number of benzene rings is 1. The van der Waals surface area contributed by atoms with Gasteiger partial charge in [0.05, 0.1) is 22.3 Å². The van der Waals surface area contributed by atoms with Gasteiger partial charge in [-0.25, -0.2) is 15.0 Å². The Morgan fingerprint density at radius 1 is 1.12 bits per heavy atom. The van der Waals surface area contributed by atoms with Crippen LogP contribution in [0.1, 0.15) is 37.8 Å². The minimum Gasteiger partial charge on any atom is -0.382 e. The molecule has 2 saturated heterocycles. The van der Waals surface area contributed by atoms with Gasteiger partial charge in [-0.15, -0.1) is 0 Å². The number of ether oxygens (including phenoxy) is 3. The van der Waals surface area contributed by atoms with Gasteiger partial charge in [0.1, 0.15) is 30.0 Å². The van der Waals surface area contributed by atoms with Crippen LogP contribution in [0.5, 0.6) is 0 Å². The molecule has 0 saturated carbocycles.